The van der Waals surface area contributed by atoms with Crippen molar-refractivity contribution in [2.75, 3.05) is 26.3 Å². The number of allylic oxidation sites excluding steroid dienone is 1. The Hall–Kier alpha value is -2.17. The number of methoxy groups -OCH3 is 2. The summed E-state index contributed by atoms with van der Waals surface area (Å²) in [5.41, 5.74) is 3.39. The molecule has 1 unspecified atom stereocenters. The highest BCUT2D eigenvalue weighted by molar-refractivity contribution is 6.30. The molecule has 0 spiro atoms. The Bertz CT molecular complexity index is 758. The smallest absolute Gasteiger partial charge is 0.161 e. The number of anilines is 1. The topological polar surface area (TPSA) is 24.9 Å². The summed E-state index contributed by atoms with van der Waals surface area (Å²) in [6.45, 7) is 2.10. The third-order valence-corrected chi connectivity index (χ3v) is 4.52. The number of hydrazine groups is 1. The fourth-order valence-electron chi connectivity index (χ4n) is 3.10. The van der Waals surface area contributed by atoms with E-state index in [0.29, 0.717) is 0 Å². The quantitative estimate of drug-likeness (QED) is 0.804. The fraction of sp³-hybridized carbons (Fsp3) is 0.263. The third kappa shape index (κ3) is 2.95. The predicted molar refractivity (Wildman–Crippen MR) is 97.7 cm³/mol. The number of hydrogen-bond acceptors (Lipinski definition) is 4. The van der Waals surface area contributed by atoms with Crippen molar-refractivity contribution in [3.05, 3.63) is 64.8 Å². The first-order chi connectivity index (χ1) is 11.5. The average molecular weight is 345 g/mol. The lowest BCUT2D eigenvalue weighted by molar-refractivity contribution is 0.304. The first kappa shape index (κ1) is 16.7. The Kier molecular flexibility index (Phi) is 4.69. The molecule has 1 aliphatic rings. The molecule has 24 heavy (non-hydrogen) atoms. The van der Waals surface area contributed by atoms with Crippen LogP contribution < -0.4 is 14.5 Å². The maximum atomic E-state index is 6.01. The van der Waals surface area contributed by atoms with Crippen LogP contribution in [0.3, 0.4) is 0 Å². The van der Waals surface area contributed by atoms with Gasteiger partial charge in [-0.1, -0.05) is 17.7 Å². The molecule has 0 bridgehead atoms. The third-order valence-electron chi connectivity index (χ3n) is 4.27. The minimum absolute atomic E-state index is 0.125. The van der Waals surface area contributed by atoms with E-state index in [1.165, 1.54) is 5.70 Å². The van der Waals surface area contributed by atoms with Crippen LogP contribution >= 0.6 is 11.6 Å². The summed E-state index contributed by atoms with van der Waals surface area (Å²) in [6.07, 6.45) is 2.23. The van der Waals surface area contributed by atoms with Gasteiger partial charge in [0.1, 0.15) is 0 Å². The van der Waals surface area contributed by atoms with E-state index in [2.05, 4.69) is 36.1 Å². The zero-order valence-electron chi connectivity index (χ0n) is 14.3. The molecule has 0 aromatic heterocycles. The molecule has 1 aliphatic heterocycles. The molecule has 5 heteroatoms. The second kappa shape index (κ2) is 6.75. The van der Waals surface area contributed by atoms with E-state index < -0.39 is 0 Å². The molecule has 0 radical (unpaired) electrons. The van der Waals surface area contributed by atoms with Crippen molar-refractivity contribution in [2.45, 2.75) is 13.0 Å². The lowest BCUT2D eigenvalue weighted by Gasteiger charge is -2.32. The number of halogens is 1. The number of hydrogen-bond donors (Lipinski definition) is 0. The van der Waals surface area contributed by atoms with Crippen LogP contribution in [0.25, 0.3) is 0 Å². The summed E-state index contributed by atoms with van der Waals surface area (Å²) < 4.78 is 10.8. The molecule has 2 aromatic carbocycles. The average Bonchev–Trinajstić information content (AvgIpc) is 2.89. The van der Waals surface area contributed by atoms with Gasteiger partial charge in [0.2, 0.25) is 0 Å². The van der Waals surface area contributed by atoms with Crippen molar-refractivity contribution in [3.63, 3.8) is 0 Å². The van der Waals surface area contributed by atoms with Gasteiger partial charge in [0.25, 0.3) is 0 Å². The minimum Gasteiger partial charge on any atom is -0.493 e. The molecule has 0 aliphatic carbocycles. The Morgan fingerprint density at radius 3 is 2.25 bits per heavy atom. The fourth-order valence-corrected chi connectivity index (χ4v) is 3.22. The molecular weight excluding hydrogens is 324 g/mol. The van der Waals surface area contributed by atoms with Gasteiger partial charge in [0, 0.05) is 17.8 Å². The molecular formula is C19H21ClN2O2. The number of benzene rings is 2. The van der Waals surface area contributed by atoms with Crippen LogP contribution in [0.4, 0.5) is 5.69 Å². The molecule has 4 nitrogen and oxygen atoms in total. The van der Waals surface area contributed by atoms with Crippen molar-refractivity contribution < 1.29 is 9.47 Å². The SMILES string of the molecule is COc1ccc(C2C=C(C)N(c3ccc(Cl)cc3)N2C)cc1OC. The molecule has 0 saturated heterocycles. The van der Waals surface area contributed by atoms with Crippen LogP contribution in [0.15, 0.2) is 54.2 Å². The molecule has 126 valence electrons. The monoisotopic (exact) mass is 344 g/mol. The van der Waals surface area contributed by atoms with Gasteiger partial charge in [-0.3, -0.25) is 5.01 Å². The van der Waals surface area contributed by atoms with Gasteiger partial charge in [-0.05, 0) is 55.0 Å². The highest BCUT2D eigenvalue weighted by Crippen LogP contribution is 2.38. The van der Waals surface area contributed by atoms with Gasteiger partial charge in [0.15, 0.2) is 11.5 Å². The lowest BCUT2D eigenvalue weighted by Crippen LogP contribution is -2.35. The van der Waals surface area contributed by atoms with Crippen LogP contribution in [-0.4, -0.2) is 26.3 Å². The first-order valence-corrected chi connectivity index (χ1v) is 8.11. The van der Waals surface area contributed by atoms with E-state index in [0.717, 1.165) is 27.8 Å². The van der Waals surface area contributed by atoms with Crippen LogP contribution in [0.5, 0.6) is 11.5 Å². The van der Waals surface area contributed by atoms with E-state index >= 15 is 0 Å². The largest absolute Gasteiger partial charge is 0.493 e. The molecule has 0 fully saturated rings. The first-order valence-electron chi connectivity index (χ1n) is 7.74. The van der Waals surface area contributed by atoms with Crippen LogP contribution in [0.1, 0.15) is 18.5 Å². The molecule has 1 heterocycles. The normalized spacial score (nSPS) is 17.8. The summed E-state index contributed by atoms with van der Waals surface area (Å²) >= 11 is 6.01. The minimum atomic E-state index is 0.125. The summed E-state index contributed by atoms with van der Waals surface area (Å²) in [5, 5.41) is 5.11. The predicted octanol–water partition coefficient (Wildman–Crippen LogP) is 4.67. The van der Waals surface area contributed by atoms with Crippen LogP contribution in [0.2, 0.25) is 5.02 Å². The lowest BCUT2D eigenvalue weighted by atomic mass is 10.1. The van der Waals surface area contributed by atoms with Crippen molar-refractivity contribution >= 4 is 17.3 Å². The highest BCUT2D eigenvalue weighted by atomic mass is 35.5. The van der Waals surface area contributed by atoms with Gasteiger partial charge in [-0.2, -0.15) is 0 Å². The van der Waals surface area contributed by atoms with E-state index in [1.54, 1.807) is 14.2 Å². The second-order valence-corrected chi connectivity index (χ2v) is 6.17. The zero-order chi connectivity index (χ0) is 17.3. The molecule has 0 saturated carbocycles. The standard InChI is InChI=1S/C19H21ClN2O2/c1-13-11-17(14-5-10-18(23-3)19(12-14)24-4)21(2)22(13)16-8-6-15(20)7-9-16/h5-12,17H,1-4H3. The Morgan fingerprint density at radius 1 is 0.958 bits per heavy atom. The van der Waals surface area contributed by atoms with Crippen molar-refractivity contribution in [1.29, 1.82) is 0 Å². The van der Waals surface area contributed by atoms with Crippen molar-refractivity contribution in [2.24, 2.45) is 0 Å². The Morgan fingerprint density at radius 2 is 1.62 bits per heavy atom. The van der Waals surface area contributed by atoms with E-state index in [4.69, 9.17) is 21.1 Å². The van der Waals surface area contributed by atoms with Gasteiger partial charge in [0.05, 0.1) is 25.9 Å². The Balaban J connectivity index is 1.92. The highest BCUT2D eigenvalue weighted by Gasteiger charge is 2.29. The summed E-state index contributed by atoms with van der Waals surface area (Å²) in [7, 11) is 5.37. The summed E-state index contributed by atoms with van der Waals surface area (Å²) in [6, 6.07) is 14.0. The Labute approximate surface area is 147 Å². The van der Waals surface area contributed by atoms with E-state index in [9.17, 15) is 0 Å². The summed E-state index contributed by atoms with van der Waals surface area (Å²) in [4.78, 5) is 0. The van der Waals surface area contributed by atoms with Crippen molar-refractivity contribution in [3.8, 4) is 11.5 Å². The number of likely N-dealkylation sites (N-methyl/N-ethyl adjacent to an activating group) is 1. The van der Waals surface area contributed by atoms with Gasteiger partial charge in [-0.15, -0.1) is 0 Å². The maximum absolute atomic E-state index is 6.01. The molecule has 0 N–H and O–H groups in total. The van der Waals surface area contributed by atoms with E-state index in [1.807, 2.05) is 36.4 Å². The number of rotatable bonds is 4. The summed E-state index contributed by atoms with van der Waals surface area (Å²) in [5.74, 6) is 1.47. The zero-order valence-corrected chi connectivity index (χ0v) is 15.0. The van der Waals surface area contributed by atoms with Gasteiger partial charge >= 0.3 is 0 Å². The molecule has 3 rings (SSSR count). The molecule has 2 aromatic rings. The number of nitrogens with zero attached hydrogens (tertiary/aromatic N) is 2. The van der Waals surface area contributed by atoms with Gasteiger partial charge in [-0.25, -0.2) is 5.01 Å². The molecule has 0 amide bonds. The molecule has 1 atom stereocenters. The van der Waals surface area contributed by atoms with Crippen LogP contribution in [-0.2, 0) is 0 Å². The van der Waals surface area contributed by atoms with Crippen molar-refractivity contribution in [1.82, 2.24) is 5.01 Å². The van der Waals surface area contributed by atoms with Gasteiger partial charge < -0.3 is 9.47 Å². The van der Waals surface area contributed by atoms with Crippen LogP contribution in [0, 0.1) is 0 Å². The second-order valence-electron chi connectivity index (χ2n) is 5.73. The maximum Gasteiger partial charge on any atom is 0.161 e. The number of ether oxygens (including phenoxy) is 2. The van der Waals surface area contributed by atoms with E-state index in [-0.39, 0.29) is 6.04 Å².